The fraction of sp³-hybridized carbons (Fsp3) is 0.167. The second kappa shape index (κ2) is 7.45. The third kappa shape index (κ3) is 3.87. The highest BCUT2D eigenvalue weighted by molar-refractivity contribution is 7.85. The molecule has 3 rings (SSSR count). The first-order valence-corrected chi connectivity index (χ1v) is 10.2. The fourth-order valence-corrected chi connectivity index (χ4v) is 4.01. The van der Waals surface area contributed by atoms with E-state index in [9.17, 15) is 8.42 Å². The van der Waals surface area contributed by atoms with Crippen LogP contribution >= 0.6 is 11.3 Å². The van der Waals surface area contributed by atoms with Gasteiger partial charge in [0.2, 0.25) is 0 Å². The molecule has 0 fully saturated rings. The van der Waals surface area contributed by atoms with Crippen molar-refractivity contribution >= 4 is 27.1 Å². The third-order valence-electron chi connectivity index (χ3n) is 3.84. The van der Waals surface area contributed by atoms with Crippen LogP contribution in [0.25, 0.3) is 11.3 Å². The Hall–Kier alpha value is -2.42. The van der Waals surface area contributed by atoms with Crippen LogP contribution < -0.4 is 9.54 Å². The van der Waals surface area contributed by atoms with Crippen LogP contribution in [0.1, 0.15) is 6.92 Å². The molecule has 0 amide bonds. The normalized spacial score (nSPS) is 12.3. The molecule has 0 radical (unpaired) electrons. The van der Waals surface area contributed by atoms with Gasteiger partial charge in [0.1, 0.15) is 5.75 Å². The van der Waals surface area contributed by atoms with Crippen LogP contribution in [0.5, 0.6) is 5.75 Å². The molecule has 0 aliphatic rings. The van der Waals surface area contributed by atoms with E-state index in [1.54, 1.807) is 19.2 Å². The molecule has 0 atom stereocenters. The average Bonchev–Trinajstić information content (AvgIpc) is 3.04. The quantitative estimate of drug-likeness (QED) is 0.673. The lowest BCUT2D eigenvalue weighted by Crippen LogP contribution is -2.14. The van der Waals surface area contributed by atoms with Crippen LogP contribution in [0.4, 0.5) is 5.69 Å². The highest BCUT2D eigenvalue weighted by Crippen LogP contribution is 2.25. The van der Waals surface area contributed by atoms with Gasteiger partial charge in [-0.1, -0.05) is 12.1 Å². The number of rotatable bonds is 5. The van der Waals surface area contributed by atoms with Crippen LogP contribution in [0.15, 0.2) is 63.8 Å². The zero-order chi connectivity index (χ0) is 18.7. The fourth-order valence-electron chi connectivity index (χ4n) is 2.54. The minimum atomic E-state index is -4.20. The summed E-state index contributed by atoms with van der Waals surface area (Å²) in [5.41, 5.74) is 2.67. The van der Waals surface area contributed by atoms with E-state index < -0.39 is 10.1 Å². The number of methoxy groups -OCH3 is 1. The van der Waals surface area contributed by atoms with Gasteiger partial charge in [-0.3, -0.25) is 4.55 Å². The van der Waals surface area contributed by atoms with Crippen molar-refractivity contribution in [2.24, 2.45) is 4.99 Å². The standard InChI is InChI=1S/C18H18N2O4S2/c1-3-20-17(13-5-4-6-15(11-13)24-2)12-25-18(20)19-14-7-9-16(10-8-14)26(21,22)23/h4-12H,3H2,1-2H3,(H,21,22,23)/b19-18-. The van der Waals surface area contributed by atoms with Crippen molar-refractivity contribution in [1.82, 2.24) is 4.57 Å². The van der Waals surface area contributed by atoms with Gasteiger partial charge in [-0.25, -0.2) is 4.99 Å². The summed E-state index contributed by atoms with van der Waals surface area (Å²) in [4.78, 5) is 5.24. The first kappa shape index (κ1) is 18.4. The Morgan fingerprint density at radius 2 is 1.92 bits per heavy atom. The molecule has 1 heterocycles. The lowest BCUT2D eigenvalue weighted by molar-refractivity contribution is 0.415. The van der Waals surface area contributed by atoms with E-state index >= 15 is 0 Å². The van der Waals surface area contributed by atoms with Gasteiger partial charge in [0.25, 0.3) is 10.1 Å². The minimum Gasteiger partial charge on any atom is -0.497 e. The second-order valence-electron chi connectivity index (χ2n) is 5.46. The number of benzene rings is 2. The molecule has 2 aromatic carbocycles. The highest BCUT2D eigenvalue weighted by Gasteiger charge is 2.10. The summed E-state index contributed by atoms with van der Waals surface area (Å²) >= 11 is 1.50. The molecule has 0 bridgehead atoms. The van der Waals surface area contributed by atoms with Gasteiger partial charge in [-0.15, -0.1) is 11.3 Å². The smallest absolute Gasteiger partial charge is 0.294 e. The number of thiazole rings is 1. The Balaban J connectivity index is 2.04. The van der Waals surface area contributed by atoms with Gasteiger partial charge in [-0.05, 0) is 43.3 Å². The van der Waals surface area contributed by atoms with E-state index in [1.807, 2.05) is 36.6 Å². The molecule has 1 N–H and O–H groups in total. The Labute approximate surface area is 155 Å². The maximum Gasteiger partial charge on any atom is 0.294 e. The second-order valence-corrected chi connectivity index (χ2v) is 7.72. The molecule has 1 aromatic heterocycles. The molecule has 3 aromatic rings. The molecule has 0 unspecified atom stereocenters. The summed E-state index contributed by atoms with van der Waals surface area (Å²) in [6, 6.07) is 13.6. The van der Waals surface area contributed by atoms with Gasteiger partial charge in [0.05, 0.1) is 23.4 Å². The van der Waals surface area contributed by atoms with Crippen LogP contribution in [-0.4, -0.2) is 24.6 Å². The van der Waals surface area contributed by atoms with Crippen molar-refractivity contribution in [2.45, 2.75) is 18.4 Å². The number of hydrogen-bond acceptors (Lipinski definition) is 5. The largest absolute Gasteiger partial charge is 0.497 e. The molecule has 0 aliphatic heterocycles. The summed E-state index contributed by atoms with van der Waals surface area (Å²) in [5, 5.41) is 2.03. The molecule has 0 spiro atoms. The van der Waals surface area contributed by atoms with Crippen molar-refractivity contribution in [3.63, 3.8) is 0 Å². The first-order valence-electron chi connectivity index (χ1n) is 7.87. The van der Waals surface area contributed by atoms with E-state index in [4.69, 9.17) is 9.29 Å². The molecule has 26 heavy (non-hydrogen) atoms. The lowest BCUT2D eigenvalue weighted by Gasteiger charge is -2.07. The van der Waals surface area contributed by atoms with Crippen LogP contribution in [-0.2, 0) is 16.7 Å². The maximum atomic E-state index is 11.1. The number of aromatic nitrogens is 1. The average molecular weight is 390 g/mol. The summed E-state index contributed by atoms with van der Waals surface area (Å²) in [6.07, 6.45) is 0. The highest BCUT2D eigenvalue weighted by atomic mass is 32.2. The monoisotopic (exact) mass is 390 g/mol. The van der Waals surface area contributed by atoms with Crippen molar-refractivity contribution in [3.05, 3.63) is 58.7 Å². The van der Waals surface area contributed by atoms with Crippen molar-refractivity contribution in [2.75, 3.05) is 7.11 Å². The Morgan fingerprint density at radius 1 is 1.19 bits per heavy atom. The summed E-state index contributed by atoms with van der Waals surface area (Å²) in [6.45, 7) is 2.77. The number of hydrogen-bond donors (Lipinski definition) is 1. The number of nitrogens with zero attached hydrogens (tertiary/aromatic N) is 2. The van der Waals surface area contributed by atoms with E-state index in [-0.39, 0.29) is 4.90 Å². The molecule has 136 valence electrons. The summed E-state index contributed by atoms with van der Waals surface area (Å²) in [7, 11) is -2.56. The molecular formula is C18H18N2O4S2. The van der Waals surface area contributed by atoms with E-state index in [0.717, 1.165) is 28.4 Å². The van der Waals surface area contributed by atoms with Gasteiger partial charge in [0, 0.05) is 17.5 Å². The first-order chi connectivity index (χ1) is 12.4. The molecule has 0 saturated heterocycles. The van der Waals surface area contributed by atoms with Gasteiger partial charge >= 0.3 is 0 Å². The van der Waals surface area contributed by atoms with Crippen LogP contribution in [0.3, 0.4) is 0 Å². The Morgan fingerprint density at radius 3 is 2.54 bits per heavy atom. The van der Waals surface area contributed by atoms with E-state index in [2.05, 4.69) is 9.56 Å². The van der Waals surface area contributed by atoms with Gasteiger partial charge in [-0.2, -0.15) is 8.42 Å². The maximum absolute atomic E-state index is 11.1. The topological polar surface area (TPSA) is 80.9 Å². The number of ether oxygens (including phenoxy) is 1. The van der Waals surface area contributed by atoms with Crippen LogP contribution in [0, 0.1) is 0 Å². The van der Waals surface area contributed by atoms with Crippen molar-refractivity contribution < 1.29 is 17.7 Å². The van der Waals surface area contributed by atoms with Crippen molar-refractivity contribution in [1.29, 1.82) is 0 Å². The zero-order valence-electron chi connectivity index (χ0n) is 14.3. The van der Waals surface area contributed by atoms with E-state index in [1.165, 1.54) is 23.5 Å². The zero-order valence-corrected chi connectivity index (χ0v) is 15.9. The predicted octanol–water partition coefficient (Wildman–Crippen LogP) is 3.72. The summed E-state index contributed by atoms with van der Waals surface area (Å²) in [5.74, 6) is 0.788. The lowest BCUT2D eigenvalue weighted by atomic mass is 10.1. The molecule has 0 saturated carbocycles. The SMILES string of the molecule is CCn1c(-c2cccc(OC)c2)cs/c1=N\c1ccc(S(=O)(=O)O)cc1. The Bertz CT molecular complexity index is 1080. The minimum absolute atomic E-state index is 0.150. The third-order valence-corrected chi connectivity index (χ3v) is 5.57. The predicted molar refractivity (Wildman–Crippen MR) is 101 cm³/mol. The molecule has 6 nitrogen and oxygen atoms in total. The van der Waals surface area contributed by atoms with Gasteiger partial charge < -0.3 is 9.30 Å². The Kier molecular flexibility index (Phi) is 5.26. The van der Waals surface area contributed by atoms with Crippen LogP contribution in [0.2, 0.25) is 0 Å². The molecule has 8 heteroatoms. The molecular weight excluding hydrogens is 372 g/mol. The van der Waals surface area contributed by atoms with Gasteiger partial charge in [0.15, 0.2) is 4.80 Å². The van der Waals surface area contributed by atoms with Crippen molar-refractivity contribution in [3.8, 4) is 17.0 Å². The van der Waals surface area contributed by atoms with E-state index in [0.29, 0.717) is 5.69 Å². The summed E-state index contributed by atoms with van der Waals surface area (Å²) < 4.78 is 38.7. The molecule has 0 aliphatic carbocycles.